The molecule has 0 N–H and O–H groups in total. The molecule has 1 atom stereocenters. The predicted molar refractivity (Wildman–Crippen MR) is 75.7 cm³/mol. The van der Waals surface area contributed by atoms with E-state index in [2.05, 4.69) is 18.7 Å². The quantitative estimate of drug-likeness (QED) is 0.746. The molecule has 0 aromatic rings. The van der Waals surface area contributed by atoms with Crippen molar-refractivity contribution in [3.8, 4) is 0 Å². The van der Waals surface area contributed by atoms with Crippen LogP contribution < -0.4 is 0 Å². The molecule has 0 aromatic carbocycles. The number of hydrogen-bond donors (Lipinski definition) is 0. The molecule has 2 nitrogen and oxygen atoms in total. The average Bonchev–Trinajstić information content (AvgIpc) is 2.28. The lowest BCUT2D eigenvalue weighted by molar-refractivity contribution is -0.135. The summed E-state index contributed by atoms with van der Waals surface area (Å²) < 4.78 is 0. The third-order valence-corrected chi connectivity index (χ3v) is 4.82. The normalized spacial score (nSPS) is 30.8. The zero-order chi connectivity index (χ0) is 13.0. The molecule has 1 aliphatic carbocycles. The van der Waals surface area contributed by atoms with Crippen LogP contribution in [0.4, 0.5) is 0 Å². The van der Waals surface area contributed by atoms with E-state index < -0.39 is 0 Å². The summed E-state index contributed by atoms with van der Waals surface area (Å²) in [7, 11) is 0. The maximum absolute atomic E-state index is 12.4. The van der Waals surface area contributed by atoms with Crippen molar-refractivity contribution in [1.82, 2.24) is 4.90 Å². The number of carbonyl (C=O) groups excluding carboxylic acids is 1. The number of rotatable bonds is 2. The van der Waals surface area contributed by atoms with Crippen molar-refractivity contribution in [3.63, 3.8) is 0 Å². The van der Waals surface area contributed by atoms with Gasteiger partial charge in [0.1, 0.15) is 5.78 Å². The molecule has 1 saturated carbocycles. The fourth-order valence-electron chi connectivity index (χ4n) is 3.58. The van der Waals surface area contributed by atoms with Gasteiger partial charge in [0.15, 0.2) is 0 Å². The van der Waals surface area contributed by atoms with Crippen LogP contribution >= 0.6 is 0 Å². The average molecular weight is 251 g/mol. The lowest BCUT2D eigenvalue weighted by Crippen LogP contribution is -2.42. The predicted octanol–water partition coefficient (Wildman–Crippen LogP) is 3.65. The van der Waals surface area contributed by atoms with E-state index in [1.807, 2.05) is 0 Å². The van der Waals surface area contributed by atoms with Gasteiger partial charge in [-0.2, -0.15) is 0 Å². The second-order valence-corrected chi connectivity index (χ2v) is 6.91. The van der Waals surface area contributed by atoms with Gasteiger partial charge in [0.2, 0.25) is 0 Å². The molecule has 0 spiro atoms. The first-order valence-electron chi connectivity index (χ1n) is 7.86. The van der Waals surface area contributed by atoms with Crippen molar-refractivity contribution in [2.75, 3.05) is 19.6 Å². The van der Waals surface area contributed by atoms with Crippen LogP contribution in [0.15, 0.2) is 0 Å². The van der Waals surface area contributed by atoms with Gasteiger partial charge < -0.3 is 4.90 Å². The van der Waals surface area contributed by atoms with Crippen LogP contribution in [0, 0.1) is 11.3 Å². The van der Waals surface area contributed by atoms with Gasteiger partial charge in [-0.15, -0.1) is 0 Å². The zero-order valence-corrected chi connectivity index (χ0v) is 12.2. The van der Waals surface area contributed by atoms with Gasteiger partial charge in [-0.25, -0.2) is 0 Å². The van der Waals surface area contributed by atoms with Crippen LogP contribution in [0.1, 0.15) is 65.2 Å². The Morgan fingerprint density at radius 2 is 1.67 bits per heavy atom. The first-order valence-corrected chi connectivity index (χ1v) is 7.86. The van der Waals surface area contributed by atoms with Gasteiger partial charge >= 0.3 is 0 Å². The Morgan fingerprint density at radius 1 is 1.06 bits per heavy atom. The van der Waals surface area contributed by atoms with Crippen molar-refractivity contribution in [3.05, 3.63) is 0 Å². The highest BCUT2D eigenvalue weighted by molar-refractivity contribution is 5.87. The molecule has 1 unspecified atom stereocenters. The van der Waals surface area contributed by atoms with Crippen molar-refractivity contribution < 1.29 is 4.79 Å². The number of Topliss-reactive ketones (excluding diaryl/α,β-unsaturated/α-hetero) is 1. The Hall–Kier alpha value is -0.370. The van der Waals surface area contributed by atoms with E-state index >= 15 is 0 Å². The molecular formula is C16H29NO. The molecule has 0 radical (unpaired) electrons. The van der Waals surface area contributed by atoms with Gasteiger partial charge in [0.25, 0.3) is 0 Å². The number of hydrogen-bond acceptors (Lipinski definition) is 2. The van der Waals surface area contributed by atoms with Crippen LogP contribution in [0.25, 0.3) is 0 Å². The Labute approximate surface area is 112 Å². The number of likely N-dealkylation sites (tertiary alicyclic amines) is 1. The Bertz CT molecular complexity index is 277. The summed E-state index contributed by atoms with van der Waals surface area (Å²) >= 11 is 0. The van der Waals surface area contributed by atoms with Crippen LogP contribution in [0.5, 0.6) is 0 Å². The summed E-state index contributed by atoms with van der Waals surface area (Å²) in [5.41, 5.74) is -0.0638. The molecule has 104 valence electrons. The highest BCUT2D eigenvalue weighted by atomic mass is 16.1. The molecule has 0 bridgehead atoms. The second kappa shape index (κ2) is 6.18. The molecule has 18 heavy (non-hydrogen) atoms. The van der Waals surface area contributed by atoms with Crippen molar-refractivity contribution >= 4 is 5.78 Å². The molecule has 1 heterocycles. The first kappa shape index (κ1) is 14.0. The third kappa shape index (κ3) is 3.57. The minimum atomic E-state index is -0.0638. The summed E-state index contributed by atoms with van der Waals surface area (Å²) in [6.07, 6.45) is 10.2. The fourth-order valence-corrected chi connectivity index (χ4v) is 3.58. The molecule has 2 aliphatic rings. The van der Waals surface area contributed by atoms with Gasteiger partial charge in [-0.1, -0.05) is 39.5 Å². The van der Waals surface area contributed by atoms with Gasteiger partial charge in [-0.05, 0) is 38.8 Å². The van der Waals surface area contributed by atoms with Gasteiger partial charge in [0, 0.05) is 17.9 Å². The monoisotopic (exact) mass is 251 g/mol. The Balaban J connectivity index is 1.89. The van der Waals surface area contributed by atoms with Crippen LogP contribution in [-0.2, 0) is 4.79 Å². The molecule has 2 fully saturated rings. The standard InChI is InChI=1S/C16H29NO/c1-16(2)10-8-9-14(15(16)18)13-17-11-6-4-3-5-7-12-17/h14H,3-13H2,1-2H3. The molecule has 1 saturated heterocycles. The Morgan fingerprint density at radius 3 is 2.33 bits per heavy atom. The summed E-state index contributed by atoms with van der Waals surface area (Å²) in [6.45, 7) is 7.72. The number of nitrogens with zero attached hydrogens (tertiary/aromatic N) is 1. The number of ketones is 1. The smallest absolute Gasteiger partial charge is 0.142 e. The SMILES string of the molecule is CC1(C)CCCC(CN2CCCCCCC2)C1=O. The summed E-state index contributed by atoms with van der Waals surface area (Å²) in [6, 6.07) is 0. The van der Waals surface area contributed by atoms with Crippen molar-refractivity contribution in [1.29, 1.82) is 0 Å². The maximum Gasteiger partial charge on any atom is 0.142 e. The summed E-state index contributed by atoms with van der Waals surface area (Å²) in [4.78, 5) is 15.0. The molecule has 1 aliphatic heterocycles. The molecule has 2 heteroatoms. The molecule has 0 amide bonds. The minimum Gasteiger partial charge on any atom is -0.303 e. The van der Waals surface area contributed by atoms with Crippen LogP contribution in [0.3, 0.4) is 0 Å². The highest BCUT2D eigenvalue weighted by Gasteiger charge is 2.37. The van der Waals surface area contributed by atoms with Crippen LogP contribution in [-0.4, -0.2) is 30.3 Å². The highest BCUT2D eigenvalue weighted by Crippen LogP contribution is 2.35. The van der Waals surface area contributed by atoms with Gasteiger partial charge in [0.05, 0.1) is 0 Å². The van der Waals surface area contributed by atoms with E-state index in [0.717, 1.165) is 19.4 Å². The minimum absolute atomic E-state index is 0.0638. The summed E-state index contributed by atoms with van der Waals surface area (Å²) in [5, 5.41) is 0. The number of carbonyl (C=O) groups is 1. The maximum atomic E-state index is 12.4. The summed E-state index contributed by atoms with van der Waals surface area (Å²) in [5.74, 6) is 0.837. The largest absolute Gasteiger partial charge is 0.303 e. The van der Waals surface area contributed by atoms with Crippen molar-refractivity contribution in [2.45, 2.75) is 65.2 Å². The zero-order valence-electron chi connectivity index (χ0n) is 12.2. The topological polar surface area (TPSA) is 20.3 Å². The lowest BCUT2D eigenvalue weighted by Gasteiger charge is -2.36. The third-order valence-electron chi connectivity index (χ3n) is 4.82. The first-order chi connectivity index (χ1) is 8.59. The van der Waals surface area contributed by atoms with E-state index in [4.69, 9.17) is 0 Å². The molecular weight excluding hydrogens is 222 g/mol. The fraction of sp³-hybridized carbons (Fsp3) is 0.938. The van der Waals surface area contributed by atoms with Gasteiger partial charge in [-0.3, -0.25) is 4.79 Å². The van der Waals surface area contributed by atoms with E-state index in [9.17, 15) is 4.79 Å². The van der Waals surface area contributed by atoms with E-state index in [1.165, 1.54) is 51.6 Å². The van der Waals surface area contributed by atoms with Crippen molar-refractivity contribution in [2.24, 2.45) is 11.3 Å². The molecule has 2 rings (SSSR count). The second-order valence-electron chi connectivity index (χ2n) is 6.91. The lowest BCUT2D eigenvalue weighted by atomic mass is 9.71. The van der Waals surface area contributed by atoms with E-state index in [1.54, 1.807) is 0 Å². The molecule has 0 aromatic heterocycles. The van der Waals surface area contributed by atoms with E-state index in [0.29, 0.717) is 11.7 Å². The van der Waals surface area contributed by atoms with E-state index in [-0.39, 0.29) is 5.41 Å². The Kier molecular flexibility index (Phi) is 4.83. The van der Waals surface area contributed by atoms with Crippen LogP contribution in [0.2, 0.25) is 0 Å².